The van der Waals surface area contributed by atoms with Crippen LogP contribution in [0, 0.1) is 5.92 Å². The number of hydrogen-bond acceptors (Lipinski definition) is 3. The highest BCUT2D eigenvalue weighted by Crippen LogP contribution is 2.21. The Morgan fingerprint density at radius 2 is 2.00 bits per heavy atom. The summed E-state index contributed by atoms with van der Waals surface area (Å²) in [6.45, 7) is 5.05. The third-order valence-corrected chi connectivity index (χ3v) is 5.85. The van der Waals surface area contributed by atoms with Crippen molar-refractivity contribution in [3.05, 3.63) is 66.0 Å². The number of amides is 1. The predicted molar refractivity (Wildman–Crippen MR) is 112 cm³/mol. The van der Waals surface area contributed by atoms with Crippen LogP contribution in [0.3, 0.4) is 0 Å². The molecule has 0 spiro atoms. The first kappa shape index (κ1) is 18.7. The van der Waals surface area contributed by atoms with Crippen LogP contribution in [-0.2, 0) is 11.2 Å². The van der Waals surface area contributed by atoms with Crippen LogP contribution in [0.25, 0.3) is 11.0 Å². The zero-order valence-corrected chi connectivity index (χ0v) is 16.4. The molecular weight excluding hydrogens is 348 g/mol. The summed E-state index contributed by atoms with van der Waals surface area (Å²) in [5.74, 6) is 0.318. The maximum absolute atomic E-state index is 12.6. The molecule has 1 atom stereocenters. The average Bonchev–Trinajstić information content (AvgIpc) is 3.16. The maximum Gasteiger partial charge on any atom is 0.223 e. The van der Waals surface area contributed by atoms with Gasteiger partial charge >= 0.3 is 0 Å². The second-order valence-electron chi connectivity index (χ2n) is 7.72. The Balaban J connectivity index is 1.24. The third kappa shape index (κ3) is 4.25. The summed E-state index contributed by atoms with van der Waals surface area (Å²) in [5.41, 5.74) is 3.43. The number of aromatic nitrogens is 2. The van der Waals surface area contributed by atoms with Crippen LogP contribution in [-0.4, -0.2) is 40.4 Å². The van der Waals surface area contributed by atoms with Crippen LogP contribution in [0.4, 0.5) is 0 Å². The number of nitrogens with zero attached hydrogens (tertiary/aromatic N) is 2. The van der Waals surface area contributed by atoms with Crippen molar-refractivity contribution < 1.29 is 4.79 Å². The smallest absolute Gasteiger partial charge is 0.223 e. The van der Waals surface area contributed by atoms with Crippen molar-refractivity contribution in [2.45, 2.75) is 32.2 Å². The van der Waals surface area contributed by atoms with E-state index in [1.54, 1.807) is 0 Å². The van der Waals surface area contributed by atoms with Gasteiger partial charge in [0.05, 0.1) is 6.04 Å². The SMILES string of the molecule is C[C@H](NC(=O)C1CCN(CCc2c[nH]c3ncccc23)CC1)c1ccccc1. The largest absolute Gasteiger partial charge is 0.349 e. The summed E-state index contributed by atoms with van der Waals surface area (Å²) in [4.78, 5) is 22.7. The van der Waals surface area contributed by atoms with Crippen LogP contribution < -0.4 is 5.32 Å². The molecule has 1 saturated heterocycles. The van der Waals surface area contributed by atoms with E-state index in [0.717, 1.165) is 50.1 Å². The average molecular weight is 377 g/mol. The molecule has 0 unspecified atom stereocenters. The summed E-state index contributed by atoms with van der Waals surface area (Å²) in [7, 11) is 0. The van der Waals surface area contributed by atoms with Gasteiger partial charge in [-0.3, -0.25) is 4.79 Å². The molecule has 1 fully saturated rings. The molecule has 1 aliphatic rings. The second-order valence-corrected chi connectivity index (χ2v) is 7.72. The number of rotatable bonds is 6. The lowest BCUT2D eigenvalue weighted by atomic mass is 9.95. The lowest BCUT2D eigenvalue weighted by Crippen LogP contribution is -2.41. The molecule has 5 heteroatoms. The van der Waals surface area contributed by atoms with Crippen molar-refractivity contribution in [2.75, 3.05) is 19.6 Å². The molecule has 1 aliphatic heterocycles. The van der Waals surface area contributed by atoms with Crippen LogP contribution in [0.5, 0.6) is 0 Å². The van der Waals surface area contributed by atoms with E-state index in [1.165, 1.54) is 10.9 Å². The van der Waals surface area contributed by atoms with Gasteiger partial charge in [0.2, 0.25) is 5.91 Å². The topological polar surface area (TPSA) is 61.0 Å². The van der Waals surface area contributed by atoms with E-state index in [4.69, 9.17) is 0 Å². The van der Waals surface area contributed by atoms with Gasteiger partial charge in [-0.25, -0.2) is 4.98 Å². The van der Waals surface area contributed by atoms with Crippen LogP contribution in [0.15, 0.2) is 54.9 Å². The fourth-order valence-electron chi connectivity index (χ4n) is 4.07. The molecule has 0 aliphatic carbocycles. The summed E-state index contributed by atoms with van der Waals surface area (Å²) >= 11 is 0. The molecule has 0 bridgehead atoms. The van der Waals surface area contributed by atoms with Gasteiger partial charge in [-0.05, 0) is 62.5 Å². The minimum Gasteiger partial charge on any atom is -0.349 e. The predicted octanol–water partition coefficient (Wildman–Crippen LogP) is 3.69. The minimum atomic E-state index is 0.0576. The lowest BCUT2D eigenvalue weighted by Gasteiger charge is -2.31. The van der Waals surface area contributed by atoms with Crippen molar-refractivity contribution in [3.8, 4) is 0 Å². The summed E-state index contributed by atoms with van der Waals surface area (Å²) in [5, 5.41) is 4.40. The Morgan fingerprint density at radius 3 is 2.79 bits per heavy atom. The van der Waals surface area contributed by atoms with Gasteiger partial charge in [0.15, 0.2) is 0 Å². The summed E-state index contributed by atoms with van der Waals surface area (Å²) in [6.07, 6.45) is 6.76. The molecule has 1 amide bonds. The third-order valence-electron chi connectivity index (χ3n) is 5.85. The Kier molecular flexibility index (Phi) is 5.72. The quantitative estimate of drug-likeness (QED) is 0.690. The monoisotopic (exact) mass is 376 g/mol. The van der Waals surface area contributed by atoms with Gasteiger partial charge in [-0.15, -0.1) is 0 Å². The van der Waals surface area contributed by atoms with E-state index in [0.29, 0.717) is 0 Å². The minimum absolute atomic E-state index is 0.0576. The number of pyridine rings is 1. The molecule has 0 saturated carbocycles. The first-order chi connectivity index (χ1) is 13.7. The number of H-pyrrole nitrogens is 1. The van der Waals surface area contributed by atoms with E-state index in [2.05, 4.69) is 51.5 Å². The van der Waals surface area contributed by atoms with Crippen molar-refractivity contribution >= 4 is 16.9 Å². The van der Waals surface area contributed by atoms with Gasteiger partial charge in [0, 0.05) is 30.2 Å². The molecule has 0 radical (unpaired) electrons. The molecule has 2 aromatic heterocycles. The van der Waals surface area contributed by atoms with Gasteiger partial charge in [0.25, 0.3) is 0 Å². The molecule has 3 heterocycles. The van der Waals surface area contributed by atoms with Crippen LogP contribution in [0.2, 0.25) is 0 Å². The maximum atomic E-state index is 12.6. The van der Waals surface area contributed by atoms with Crippen molar-refractivity contribution in [1.82, 2.24) is 20.2 Å². The van der Waals surface area contributed by atoms with Crippen molar-refractivity contribution in [3.63, 3.8) is 0 Å². The number of nitrogens with one attached hydrogen (secondary N) is 2. The number of fused-ring (bicyclic) bond motifs is 1. The Bertz CT molecular complexity index is 913. The normalized spacial score (nSPS) is 16.9. The number of benzene rings is 1. The van der Waals surface area contributed by atoms with E-state index in [-0.39, 0.29) is 17.9 Å². The van der Waals surface area contributed by atoms with Crippen LogP contribution in [0.1, 0.15) is 36.9 Å². The number of hydrogen-bond donors (Lipinski definition) is 2. The highest BCUT2D eigenvalue weighted by atomic mass is 16.1. The van der Waals surface area contributed by atoms with Gasteiger partial charge in [-0.2, -0.15) is 0 Å². The Hall–Kier alpha value is -2.66. The highest BCUT2D eigenvalue weighted by molar-refractivity contribution is 5.80. The van der Waals surface area contributed by atoms with Crippen molar-refractivity contribution in [2.24, 2.45) is 5.92 Å². The molecule has 4 rings (SSSR count). The molecule has 146 valence electrons. The zero-order valence-electron chi connectivity index (χ0n) is 16.4. The molecule has 3 aromatic rings. The number of likely N-dealkylation sites (tertiary alicyclic amines) is 1. The second kappa shape index (κ2) is 8.57. The fraction of sp³-hybridized carbons (Fsp3) is 0.391. The summed E-state index contributed by atoms with van der Waals surface area (Å²) in [6, 6.07) is 14.3. The van der Waals surface area contributed by atoms with Gasteiger partial charge in [-0.1, -0.05) is 30.3 Å². The lowest BCUT2D eigenvalue weighted by molar-refractivity contribution is -0.127. The fourth-order valence-corrected chi connectivity index (χ4v) is 4.07. The van der Waals surface area contributed by atoms with Gasteiger partial charge < -0.3 is 15.2 Å². The first-order valence-electron chi connectivity index (χ1n) is 10.2. The molecule has 5 nitrogen and oxygen atoms in total. The number of piperidine rings is 1. The Labute approximate surface area is 166 Å². The molecule has 1 aromatic carbocycles. The first-order valence-corrected chi connectivity index (χ1v) is 10.2. The number of carbonyl (C=O) groups excluding carboxylic acids is 1. The molecule has 2 N–H and O–H groups in total. The molecule has 28 heavy (non-hydrogen) atoms. The standard InChI is InChI=1S/C23H28N4O/c1-17(18-6-3-2-4-7-18)26-23(28)19-9-13-27(14-10-19)15-11-20-16-25-22-21(20)8-5-12-24-22/h2-8,12,16-17,19H,9-11,13-15H2,1H3,(H,24,25)(H,26,28)/t17-/m0/s1. The van der Waals surface area contributed by atoms with Gasteiger partial charge in [0.1, 0.15) is 5.65 Å². The highest BCUT2D eigenvalue weighted by Gasteiger charge is 2.25. The van der Waals surface area contributed by atoms with E-state index in [9.17, 15) is 4.79 Å². The summed E-state index contributed by atoms with van der Waals surface area (Å²) < 4.78 is 0. The Morgan fingerprint density at radius 1 is 1.21 bits per heavy atom. The molecular formula is C23H28N4O. The van der Waals surface area contributed by atoms with E-state index >= 15 is 0 Å². The van der Waals surface area contributed by atoms with Crippen molar-refractivity contribution in [1.29, 1.82) is 0 Å². The van der Waals surface area contributed by atoms with E-state index in [1.807, 2.05) is 30.5 Å². The number of aromatic amines is 1. The number of carbonyl (C=O) groups is 1. The zero-order chi connectivity index (χ0) is 19.3. The van der Waals surface area contributed by atoms with Crippen LogP contribution >= 0.6 is 0 Å². The van der Waals surface area contributed by atoms with E-state index < -0.39 is 0 Å².